The van der Waals surface area contributed by atoms with E-state index >= 15 is 0 Å². The zero-order chi connectivity index (χ0) is 21.9. The summed E-state index contributed by atoms with van der Waals surface area (Å²) in [7, 11) is 1.31. The highest BCUT2D eigenvalue weighted by Gasteiger charge is 2.21. The number of nitrogens with zero attached hydrogens (tertiary/aromatic N) is 1. The Hall–Kier alpha value is -2.75. The van der Waals surface area contributed by atoms with Crippen molar-refractivity contribution in [1.82, 2.24) is 15.4 Å². The Balaban J connectivity index is 0.000000308. The van der Waals surface area contributed by atoms with Crippen LogP contribution in [0.4, 0.5) is 0 Å². The van der Waals surface area contributed by atoms with Crippen LogP contribution in [0.5, 0.6) is 0 Å². The smallest absolute Gasteiger partial charge is 0.323 e. The van der Waals surface area contributed by atoms with Crippen LogP contribution >= 0.6 is 0 Å². The van der Waals surface area contributed by atoms with Gasteiger partial charge in [0.05, 0.1) is 19.0 Å². The van der Waals surface area contributed by atoms with Crippen molar-refractivity contribution in [3.05, 3.63) is 54.1 Å². The molecule has 0 aliphatic carbocycles. The van der Waals surface area contributed by atoms with Gasteiger partial charge in [0.2, 0.25) is 0 Å². The number of aromatic nitrogens is 2. The van der Waals surface area contributed by atoms with Gasteiger partial charge in [-0.15, -0.1) is 0 Å². The molecule has 1 heterocycles. The second-order valence-electron chi connectivity index (χ2n) is 7.32. The molecule has 0 aliphatic heterocycles. The Labute approximate surface area is 170 Å². The van der Waals surface area contributed by atoms with Gasteiger partial charge in [-0.1, -0.05) is 30.3 Å². The normalized spacial score (nSPS) is 13.0. The molecule has 0 fully saturated rings. The molecule has 1 aromatic heterocycles. The Morgan fingerprint density at radius 3 is 2.38 bits per heavy atom. The minimum Gasteiger partial charge on any atom is -0.480 e. The number of hydrogen-bond donors (Lipinski definition) is 4. The van der Waals surface area contributed by atoms with Gasteiger partial charge in [-0.25, -0.2) is 4.98 Å². The summed E-state index contributed by atoms with van der Waals surface area (Å²) in [5.41, 5.74) is 9.48. The zero-order valence-corrected chi connectivity index (χ0v) is 17.2. The average Bonchev–Trinajstić information content (AvgIpc) is 3.17. The van der Waals surface area contributed by atoms with Gasteiger partial charge in [0.25, 0.3) is 0 Å². The molecule has 0 amide bonds. The number of methoxy groups -OCH3 is 1. The molecule has 0 aliphatic rings. The van der Waals surface area contributed by atoms with E-state index in [-0.39, 0.29) is 0 Å². The summed E-state index contributed by atoms with van der Waals surface area (Å²) in [6.07, 6.45) is 3.99. The van der Waals surface area contributed by atoms with Gasteiger partial charge in [-0.3, -0.25) is 14.4 Å². The maximum absolute atomic E-state index is 11.1. The number of aromatic amines is 1. The number of rotatable bonds is 8. The maximum Gasteiger partial charge on any atom is 0.323 e. The first-order chi connectivity index (χ1) is 13.6. The molecule has 0 saturated heterocycles. The van der Waals surface area contributed by atoms with E-state index in [2.05, 4.69) is 20.2 Å². The molecule has 29 heavy (non-hydrogen) atoms. The summed E-state index contributed by atoms with van der Waals surface area (Å²) < 4.78 is 4.46. The summed E-state index contributed by atoms with van der Waals surface area (Å²) in [5.74, 6) is -1.33. The van der Waals surface area contributed by atoms with E-state index in [0.717, 1.165) is 11.3 Å². The highest BCUT2D eigenvalue weighted by Crippen LogP contribution is 2.08. The fraction of sp³-hybridized carbons (Fsp3) is 0.450. The first kappa shape index (κ1) is 24.3. The predicted molar refractivity (Wildman–Crippen MR) is 108 cm³/mol. The van der Waals surface area contributed by atoms with E-state index in [4.69, 9.17) is 15.7 Å². The largest absolute Gasteiger partial charge is 0.480 e. The van der Waals surface area contributed by atoms with Gasteiger partial charge in [0.1, 0.15) is 12.1 Å². The molecule has 9 heteroatoms. The third-order valence-electron chi connectivity index (χ3n) is 3.59. The number of esters is 1. The first-order valence-corrected chi connectivity index (χ1v) is 9.13. The number of imidazole rings is 1. The number of ether oxygens (including phenoxy) is 1. The third-order valence-corrected chi connectivity index (χ3v) is 3.59. The molecule has 5 N–H and O–H groups in total. The topological polar surface area (TPSA) is 140 Å². The standard InChI is InChI=1S/C13H19NO3.C7H11N3O2/c1-13(2,3)17-14-11(12(15)16)9-10-7-5-4-6-8-10;1-12-7(11)6(8)2-5-3-9-4-10-5/h4-8,11,14H,9H2,1-3H3,(H,15,16);3-4,6H,2,8H2,1H3,(H,9,10)/t11-;6-/m00/s1. The van der Waals surface area contributed by atoms with Gasteiger partial charge in [-0.05, 0) is 26.3 Å². The molecule has 0 unspecified atom stereocenters. The fourth-order valence-corrected chi connectivity index (χ4v) is 2.15. The van der Waals surface area contributed by atoms with Gasteiger partial charge in [0.15, 0.2) is 0 Å². The van der Waals surface area contributed by atoms with Crippen LogP contribution in [0, 0.1) is 0 Å². The highest BCUT2D eigenvalue weighted by molar-refractivity contribution is 5.75. The summed E-state index contributed by atoms with van der Waals surface area (Å²) in [6.45, 7) is 5.59. The minimum absolute atomic E-state index is 0.395. The van der Waals surface area contributed by atoms with Crippen molar-refractivity contribution in [2.75, 3.05) is 7.11 Å². The SMILES string of the molecule is CC(C)(C)ON[C@@H](Cc1ccccc1)C(=O)O.COC(=O)[C@@H](N)Cc1cnc[nH]1. The molecule has 2 atom stereocenters. The lowest BCUT2D eigenvalue weighted by Crippen LogP contribution is -2.42. The van der Waals surface area contributed by atoms with Crippen LogP contribution in [0.1, 0.15) is 32.0 Å². The lowest BCUT2D eigenvalue weighted by atomic mass is 10.1. The zero-order valence-electron chi connectivity index (χ0n) is 17.2. The molecule has 0 bridgehead atoms. The van der Waals surface area contributed by atoms with E-state index in [9.17, 15) is 9.59 Å². The van der Waals surface area contributed by atoms with Gasteiger partial charge >= 0.3 is 11.9 Å². The molecular formula is C20H30N4O5. The van der Waals surface area contributed by atoms with Gasteiger partial charge in [-0.2, -0.15) is 5.48 Å². The summed E-state index contributed by atoms with van der Waals surface area (Å²) in [4.78, 5) is 33.9. The number of hydroxylamine groups is 1. The predicted octanol–water partition coefficient (Wildman–Crippen LogP) is 1.45. The molecule has 160 valence electrons. The van der Waals surface area contributed by atoms with Crippen LogP contribution in [0.2, 0.25) is 0 Å². The Morgan fingerprint density at radius 1 is 1.24 bits per heavy atom. The van der Waals surface area contributed by atoms with Crippen molar-refractivity contribution < 1.29 is 24.3 Å². The second-order valence-corrected chi connectivity index (χ2v) is 7.32. The van der Waals surface area contributed by atoms with Crippen molar-refractivity contribution in [3.8, 4) is 0 Å². The second kappa shape index (κ2) is 11.9. The monoisotopic (exact) mass is 406 g/mol. The maximum atomic E-state index is 11.1. The van der Waals surface area contributed by atoms with Crippen molar-refractivity contribution in [2.24, 2.45) is 5.73 Å². The quantitative estimate of drug-likeness (QED) is 0.381. The average molecular weight is 406 g/mol. The van der Waals surface area contributed by atoms with Crippen LogP contribution in [-0.4, -0.2) is 51.8 Å². The Kier molecular flexibility index (Phi) is 10.0. The number of aliphatic carboxylic acids is 1. The number of benzene rings is 1. The number of carbonyl (C=O) groups excluding carboxylic acids is 1. The molecule has 0 saturated carbocycles. The van der Waals surface area contributed by atoms with E-state index in [1.807, 2.05) is 51.1 Å². The van der Waals surface area contributed by atoms with Crippen molar-refractivity contribution in [2.45, 2.75) is 51.3 Å². The van der Waals surface area contributed by atoms with E-state index < -0.39 is 29.6 Å². The van der Waals surface area contributed by atoms with Crippen LogP contribution in [0.25, 0.3) is 0 Å². The number of carboxylic acid groups (broad SMARTS) is 1. The molecule has 2 aromatic rings. The van der Waals surface area contributed by atoms with E-state index in [1.165, 1.54) is 7.11 Å². The van der Waals surface area contributed by atoms with Crippen molar-refractivity contribution in [3.63, 3.8) is 0 Å². The Morgan fingerprint density at radius 2 is 1.90 bits per heavy atom. The summed E-state index contributed by atoms with van der Waals surface area (Å²) in [6, 6.07) is 8.12. The molecule has 9 nitrogen and oxygen atoms in total. The van der Waals surface area contributed by atoms with Crippen LogP contribution in [-0.2, 0) is 32.0 Å². The highest BCUT2D eigenvalue weighted by atomic mass is 16.7. The number of H-pyrrole nitrogens is 1. The lowest BCUT2D eigenvalue weighted by molar-refractivity contribution is -0.150. The lowest BCUT2D eigenvalue weighted by Gasteiger charge is -2.23. The van der Waals surface area contributed by atoms with Crippen LogP contribution in [0.15, 0.2) is 42.9 Å². The van der Waals surface area contributed by atoms with Crippen LogP contribution in [0.3, 0.4) is 0 Å². The molecule has 2 rings (SSSR count). The van der Waals surface area contributed by atoms with E-state index in [0.29, 0.717) is 12.8 Å². The third kappa shape index (κ3) is 10.4. The van der Waals surface area contributed by atoms with E-state index in [1.54, 1.807) is 12.5 Å². The number of nitrogens with two attached hydrogens (primary N) is 1. The molecule has 0 radical (unpaired) electrons. The Bertz CT molecular complexity index is 729. The summed E-state index contributed by atoms with van der Waals surface area (Å²) in [5, 5.41) is 9.09. The number of hydrogen-bond acceptors (Lipinski definition) is 7. The number of nitrogens with one attached hydrogen (secondary N) is 2. The van der Waals surface area contributed by atoms with Gasteiger partial charge < -0.3 is 20.6 Å². The summed E-state index contributed by atoms with van der Waals surface area (Å²) >= 11 is 0. The fourth-order valence-electron chi connectivity index (χ4n) is 2.15. The van der Waals surface area contributed by atoms with Crippen LogP contribution < -0.4 is 11.2 Å². The molecular weight excluding hydrogens is 376 g/mol. The molecule has 1 aromatic carbocycles. The van der Waals surface area contributed by atoms with Crippen molar-refractivity contribution >= 4 is 11.9 Å². The van der Waals surface area contributed by atoms with Crippen molar-refractivity contribution in [1.29, 1.82) is 0 Å². The van der Waals surface area contributed by atoms with Gasteiger partial charge in [0, 0.05) is 24.7 Å². The number of carboxylic acids is 1. The number of carbonyl (C=O) groups is 2. The molecule has 0 spiro atoms. The first-order valence-electron chi connectivity index (χ1n) is 9.13. The minimum atomic E-state index is -0.918.